The van der Waals surface area contributed by atoms with Crippen molar-refractivity contribution in [3.8, 4) is 11.1 Å². The molecule has 0 radical (unpaired) electrons. The van der Waals surface area contributed by atoms with E-state index in [9.17, 15) is 4.39 Å². The summed E-state index contributed by atoms with van der Waals surface area (Å²) in [5, 5.41) is 3.44. The van der Waals surface area contributed by atoms with Crippen LogP contribution in [0.2, 0.25) is 0 Å². The molecular weight excluding hydrogens is 303 g/mol. The second-order valence-corrected chi connectivity index (χ2v) is 6.49. The Bertz CT molecular complexity index is 759. The van der Waals surface area contributed by atoms with Crippen molar-refractivity contribution in [2.24, 2.45) is 4.99 Å². The summed E-state index contributed by atoms with van der Waals surface area (Å²) in [5.41, 5.74) is 3.20. The molecule has 0 spiro atoms. The molecule has 0 bridgehead atoms. The number of hydrogen-bond acceptors (Lipinski definition) is 4. The van der Waals surface area contributed by atoms with Crippen LogP contribution in [0, 0.1) is 0 Å². The van der Waals surface area contributed by atoms with Crippen molar-refractivity contribution in [2.45, 2.75) is 25.6 Å². The maximum Gasteiger partial charge on any atom is 0.140 e. The van der Waals surface area contributed by atoms with Crippen LogP contribution in [0.15, 0.2) is 47.6 Å². The van der Waals surface area contributed by atoms with Gasteiger partial charge in [-0.1, -0.05) is 30.3 Å². The maximum absolute atomic E-state index is 13.7. The molecule has 2 aliphatic heterocycles. The first-order valence-electron chi connectivity index (χ1n) is 8.47. The van der Waals surface area contributed by atoms with Crippen LogP contribution in [0.1, 0.15) is 18.9 Å². The van der Waals surface area contributed by atoms with E-state index < -0.39 is 6.17 Å². The molecule has 2 aliphatic rings. The number of nitrogens with one attached hydrogen (secondary N) is 1. The summed E-state index contributed by atoms with van der Waals surface area (Å²) in [6.45, 7) is 3.97. The average molecular weight is 324 g/mol. The van der Waals surface area contributed by atoms with Gasteiger partial charge in [-0.15, -0.1) is 0 Å². The van der Waals surface area contributed by atoms with Gasteiger partial charge in [-0.3, -0.25) is 4.99 Å². The van der Waals surface area contributed by atoms with Crippen LogP contribution < -0.4 is 10.2 Å². The lowest BCUT2D eigenvalue weighted by atomic mass is 9.99. The number of nitrogens with zero attached hydrogens (tertiary/aromatic N) is 3. The topological polar surface area (TPSA) is 40.5 Å². The van der Waals surface area contributed by atoms with Crippen molar-refractivity contribution in [1.29, 1.82) is 0 Å². The molecule has 4 rings (SSSR count). The minimum Gasteiger partial charge on any atom is -0.365 e. The van der Waals surface area contributed by atoms with Gasteiger partial charge in [0.25, 0.3) is 0 Å². The molecule has 4 nitrogen and oxygen atoms in total. The van der Waals surface area contributed by atoms with E-state index in [0.29, 0.717) is 25.6 Å². The van der Waals surface area contributed by atoms with Crippen LogP contribution in [0.5, 0.6) is 0 Å². The zero-order valence-corrected chi connectivity index (χ0v) is 13.7. The van der Waals surface area contributed by atoms with Crippen LogP contribution in [-0.2, 0) is 0 Å². The van der Waals surface area contributed by atoms with E-state index in [2.05, 4.69) is 34.3 Å². The van der Waals surface area contributed by atoms with Gasteiger partial charge in [0.05, 0.1) is 18.7 Å². The number of amidine groups is 1. The first kappa shape index (κ1) is 15.1. The summed E-state index contributed by atoms with van der Waals surface area (Å²) in [4.78, 5) is 11.3. The zero-order valence-electron chi connectivity index (χ0n) is 13.7. The van der Waals surface area contributed by atoms with Gasteiger partial charge >= 0.3 is 0 Å². The SMILES string of the molecule is CC1CN=C(c2c(-c3ccccc3)ccnc2N2CC[C@H](F)C2)N1. The van der Waals surface area contributed by atoms with Crippen molar-refractivity contribution in [3.05, 3.63) is 48.2 Å². The van der Waals surface area contributed by atoms with Crippen molar-refractivity contribution in [2.75, 3.05) is 24.5 Å². The van der Waals surface area contributed by atoms with Crippen molar-refractivity contribution in [3.63, 3.8) is 0 Å². The van der Waals surface area contributed by atoms with E-state index in [1.165, 1.54) is 0 Å². The van der Waals surface area contributed by atoms with E-state index >= 15 is 0 Å². The number of aliphatic imine (C=N–C) groups is 1. The number of alkyl halides is 1. The number of hydrogen-bond donors (Lipinski definition) is 1. The molecule has 24 heavy (non-hydrogen) atoms. The number of rotatable bonds is 3. The molecule has 1 N–H and O–H groups in total. The fraction of sp³-hybridized carbons (Fsp3) is 0.368. The Hall–Kier alpha value is -2.43. The van der Waals surface area contributed by atoms with E-state index in [1.54, 1.807) is 0 Å². The third-order valence-corrected chi connectivity index (χ3v) is 4.59. The van der Waals surface area contributed by atoms with E-state index in [4.69, 9.17) is 0 Å². The molecule has 0 saturated carbocycles. The molecule has 0 aliphatic carbocycles. The minimum absolute atomic E-state index is 0.309. The lowest BCUT2D eigenvalue weighted by Crippen LogP contribution is -2.31. The molecule has 3 heterocycles. The summed E-state index contributed by atoms with van der Waals surface area (Å²) in [5.74, 6) is 1.70. The smallest absolute Gasteiger partial charge is 0.140 e. The molecule has 124 valence electrons. The molecule has 0 amide bonds. The average Bonchev–Trinajstić information content (AvgIpc) is 3.23. The van der Waals surface area contributed by atoms with Gasteiger partial charge in [0.15, 0.2) is 0 Å². The first-order valence-corrected chi connectivity index (χ1v) is 8.47. The Morgan fingerprint density at radius 1 is 1.21 bits per heavy atom. The van der Waals surface area contributed by atoms with Gasteiger partial charge in [-0.25, -0.2) is 9.37 Å². The standard InChI is InChI=1S/C19H21FN4/c1-13-11-22-18(23-13)17-16(14-5-3-2-4-6-14)7-9-21-19(17)24-10-8-15(20)12-24/h2-7,9,13,15H,8,10-12H2,1H3,(H,22,23)/t13?,15-/m0/s1. The molecule has 2 atom stereocenters. The summed E-state index contributed by atoms with van der Waals surface area (Å²) >= 11 is 0. The third kappa shape index (κ3) is 2.75. The molecule has 1 aromatic carbocycles. The van der Waals surface area contributed by atoms with Gasteiger partial charge in [0.1, 0.15) is 17.8 Å². The molecule has 1 unspecified atom stereocenters. The number of anilines is 1. The highest BCUT2D eigenvalue weighted by Crippen LogP contribution is 2.32. The molecular formula is C19H21FN4. The molecule has 1 aromatic heterocycles. The second kappa shape index (κ2) is 6.23. The highest BCUT2D eigenvalue weighted by molar-refractivity contribution is 6.09. The number of pyridine rings is 1. The van der Waals surface area contributed by atoms with E-state index in [0.717, 1.165) is 34.9 Å². The monoisotopic (exact) mass is 324 g/mol. The Labute approximate surface area is 141 Å². The van der Waals surface area contributed by atoms with Crippen molar-refractivity contribution < 1.29 is 4.39 Å². The first-order chi connectivity index (χ1) is 11.7. The molecule has 5 heteroatoms. The van der Waals surface area contributed by atoms with Crippen LogP contribution >= 0.6 is 0 Å². The van der Waals surface area contributed by atoms with E-state index in [-0.39, 0.29) is 0 Å². The summed E-state index contributed by atoms with van der Waals surface area (Å²) < 4.78 is 13.7. The van der Waals surface area contributed by atoms with Crippen LogP contribution in [-0.4, -0.2) is 42.7 Å². The van der Waals surface area contributed by atoms with Gasteiger partial charge in [0, 0.05) is 18.8 Å². The van der Waals surface area contributed by atoms with Crippen molar-refractivity contribution in [1.82, 2.24) is 10.3 Å². The van der Waals surface area contributed by atoms with Crippen LogP contribution in [0.3, 0.4) is 0 Å². The fourth-order valence-corrected chi connectivity index (χ4v) is 3.40. The largest absolute Gasteiger partial charge is 0.365 e. The Morgan fingerprint density at radius 2 is 2.04 bits per heavy atom. The molecule has 1 saturated heterocycles. The third-order valence-electron chi connectivity index (χ3n) is 4.59. The second-order valence-electron chi connectivity index (χ2n) is 6.49. The minimum atomic E-state index is -0.780. The number of halogens is 1. The molecule has 2 aromatic rings. The van der Waals surface area contributed by atoms with Crippen molar-refractivity contribution >= 4 is 11.7 Å². The van der Waals surface area contributed by atoms with Crippen LogP contribution in [0.25, 0.3) is 11.1 Å². The predicted octanol–water partition coefficient (Wildman–Crippen LogP) is 3.04. The lowest BCUT2D eigenvalue weighted by molar-refractivity contribution is 0.364. The Balaban J connectivity index is 1.85. The zero-order chi connectivity index (χ0) is 16.5. The summed E-state index contributed by atoms with van der Waals surface area (Å²) in [6, 6.07) is 12.6. The normalized spacial score (nSPS) is 23.2. The summed E-state index contributed by atoms with van der Waals surface area (Å²) in [7, 11) is 0. The van der Waals surface area contributed by atoms with Gasteiger partial charge < -0.3 is 10.2 Å². The fourth-order valence-electron chi connectivity index (χ4n) is 3.40. The Morgan fingerprint density at radius 3 is 2.71 bits per heavy atom. The number of aromatic nitrogens is 1. The van der Waals surface area contributed by atoms with E-state index in [1.807, 2.05) is 35.4 Å². The van der Waals surface area contributed by atoms with Gasteiger partial charge in [-0.05, 0) is 30.5 Å². The number of benzene rings is 1. The molecule has 1 fully saturated rings. The quantitative estimate of drug-likeness (QED) is 0.943. The predicted molar refractivity (Wildman–Crippen MR) is 95.4 cm³/mol. The van der Waals surface area contributed by atoms with Gasteiger partial charge in [-0.2, -0.15) is 0 Å². The van der Waals surface area contributed by atoms with Crippen LogP contribution in [0.4, 0.5) is 10.2 Å². The lowest BCUT2D eigenvalue weighted by Gasteiger charge is -2.22. The van der Waals surface area contributed by atoms with Gasteiger partial charge in [0.2, 0.25) is 0 Å². The highest BCUT2D eigenvalue weighted by atomic mass is 19.1. The maximum atomic E-state index is 13.7. The highest BCUT2D eigenvalue weighted by Gasteiger charge is 2.29. The Kier molecular flexibility index (Phi) is 3.92. The summed E-state index contributed by atoms with van der Waals surface area (Å²) in [6.07, 6.45) is 1.59.